The molecular weight excluding hydrogens is 256 g/mol. The van der Waals surface area contributed by atoms with Crippen LogP contribution in [-0.2, 0) is 17.6 Å². The molecule has 2 heterocycles. The van der Waals surface area contributed by atoms with E-state index in [1.54, 1.807) is 0 Å². The van der Waals surface area contributed by atoms with Crippen LogP contribution in [0.25, 0.3) is 0 Å². The fourth-order valence-electron chi connectivity index (χ4n) is 2.48. The Balaban J connectivity index is 2.13. The van der Waals surface area contributed by atoms with E-state index in [0.717, 1.165) is 24.2 Å². The summed E-state index contributed by atoms with van der Waals surface area (Å²) in [5.41, 5.74) is 1.31. The lowest BCUT2D eigenvalue weighted by Gasteiger charge is -2.36. The Morgan fingerprint density at radius 2 is 1.80 bits per heavy atom. The van der Waals surface area contributed by atoms with Crippen LogP contribution in [0.5, 0.6) is 0 Å². The minimum Gasteiger partial charge on any atom is -0.481 e. The molecule has 2 rings (SSSR count). The number of hydrogen-bond acceptors (Lipinski definition) is 5. The van der Waals surface area contributed by atoms with Crippen molar-refractivity contribution in [3.63, 3.8) is 0 Å². The molecule has 6 nitrogen and oxygen atoms in total. The molecule has 0 spiro atoms. The maximum atomic E-state index is 11.2. The molecule has 110 valence electrons. The van der Waals surface area contributed by atoms with Gasteiger partial charge in [0.25, 0.3) is 0 Å². The number of nitrogens with zero attached hydrogens (tertiary/aromatic N) is 4. The van der Waals surface area contributed by atoms with Gasteiger partial charge in [-0.1, -0.05) is 13.8 Å². The van der Waals surface area contributed by atoms with Gasteiger partial charge in [-0.15, -0.1) is 5.10 Å². The highest BCUT2D eigenvalue weighted by Crippen LogP contribution is 2.32. The summed E-state index contributed by atoms with van der Waals surface area (Å²) in [6.45, 7) is 7.25. The van der Waals surface area contributed by atoms with Crippen molar-refractivity contribution in [2.45, 2.75) is 46.5 Å². The van der Waals surface area contributed by atoms with Crippen LogP contribution in [0.15, 0.2) is 0 Å². The molecule has 0 amide bonds. The van der Waals surface area contributed by atoms with E-state index in [1.165, 1.54) is 0 Å². The van der Waals surface area contributed by atoms with Crippen molar-refractivity contribution in [1.82, 2.24) is 15.2 Å². The zero-order valence-electron chi connectivity index (χ0n) is 12.4. The van der Waals surface area contributed by atoms with Crippen LogP contribution < -0.4 is 4.90 Å². The lowest BCUT2D eigenvalue weighted by molar-refractivity contribution is -0.149. The van der Waals surface area contributed by atoms with E-state index in [9.17, 15) is 9.90 Å². The summed E-state index contributed by atoms with van der Waals surface area (Å²) >= 11 is 0. The first kappa shape index (κ1) is 14.7. The van der Waals surface area contributed by atoms with E-state index in [-0.39, 0.29) is 0 Å². The van der Waals surface area contributed by atoms with E-state index in [1.807, 2.05) is 18.7 Å². The number of carboxylic acid groups (broad SMARTS) is 1. The maximum absolute atomic E-state index is 11.2. The third-order valence-electron chi connectivity index (χ3n) is 4.16. The first-order valence-corrected chi connectivity index (χ1v) is 7.21. The van der Waals surface area contributed by atoms with Crippen molar-refractivity contribution in [2.24, 2.45) is 5.41 Å². The molecule has 0 unspecified atom stereocenters. The molecular formula is C14H22N4O2. The van der Waals surface area contributed by atoms with Crippen LogP contribution >= 0.6 is 0 Å². The lowest BCUT2D eigenvalue weighted by atomic mass is 9.80. The van der Waals surface area contributed by atoms with E-state index in [0.29, 0.717) is 31.9 Å². The molecule has 20 heavy (non-hydrogen) atoms. The Morgan fingerprint density at radius 3 is 2.30 bits per heavy atom. The SMILES string of the molecule is CCc1nnc(N2CCC(C)(C(=O)O)CC2)nc1CC. The second-order valence-corrected chi connectivity index (χ2v) is 5.57. The minimum atomic E-state index is -0.716. The highest BCUT2D eigenvalue weighted by atomic mass is 16.4. The standard InChI is InChI=1S/C14H22N4O2/c1-4-10-11(5-2)16-17-13(15-10)18-8-6-14(3,7-9-18)12(19)20/h4-9H2,1-3H3,(H,19,20). The third-order valence-corrected chi connectivity index (χ3v) is 4.16. The van der Waals surface area contributed by atoms with Crippen LogP contribution in [0.2, 0.25) is 0 Å². The smallest absolute Gasteiger partial charge is 0.309 e. The van der Waals surface area contributed by atoms with Gasteiger partial charge in [0, 0.05) is 13.1 Å². The van der Waals surface area contributed by atoms with Crippen LogP contribution in [0, 0.1) is 5.41 Å². The van der Waals surface area contributed by atoms with Gasteiger partial charge in [-0.3, -0.25) is 4.79 Å². The van der Waals surface area contributed by atoms with E-state index in [4.69, 9.17) is 0 Å². The average molecular weight is 278 g/mol. The van der Waals surface area contributed by atoms with Gasteiger partial charge in [-0.2, -0.15) is 5.10 Å². The number of aliphatic carboxylic acids is 1. The average Bonchev–Trinajstić information content (AvgIpc) is 2.47. The number of carbonyl (C=O) groups is 1. The molecule has 1 fully saturated rings. The van der Waals surface area contributed by atoms with E-state index >= 15 is 0 Å². The molecule has 0 aromatic carbocycles. The quantitative estimate of drug-likeness (QED) is 0.902. The van der Waals surface area contributed by atoms with Gasteiger partial charge in [-0.05, 0) is 32.6 Å². The second-order valence-electron chi connectivity index (χ2n) is 5.57. The number of carboxylic acids is 1. The third kappa shape index (κ3) is 2.73. The van der Waals surface area contributed by atoms with Gasteiger partial charge >= 0.3 is 5.97 Å². The summed E-state index contributed by atoms with van der Waals surface area (Å²) in [6, 6.07) is 0. The number of aryl methyl sites for hydroxylation is 2. The number of piperidine rings is 1. The molecule has 0 radical (unpaired) electrons. The topological polar surface area (TPSA) is 79.2 Å². The van der Waals surface area contributed by atoms with Gasteiger partial charge in [0.1, 0.15) is 0 Å². The molecule has 1 aromatic heterocycles. The second kappa shape index (κ2) is 5.73. The van der Waals surface area contributed by atoms with Gasteiger partial charge in [0.15, 0.2) is 0 Å². The number of hydrogen-bond donors (Lipinski definition) is 1. The van der Waals surface area contributed by atoms with Crippen LogP contribution in [0.3, 0.4) is 0 Å². The molecule has 0 aliphatic carbocycles. The summed E-state index contributed by atoms with van der Waals surface area (Å²) in [5.74, 6) is -0.0849. The molecule has 0 bridgehead atoms. The lowest BCUT2D eigenvalue weighted by Crippen LogP contribution is -2.43. The highest BCUT2D eigenvalue weighted by molar-refractivity contribution is 5.74. The molecule has 0 saturated carbocycles. The largest absolute Gasteiger partial charge is 0.481 e. The van der Waals surface area contributed by atoms with Gasteiger partial charge in [0.2, 0.25) is 5.95 Å². The Labute approximate surface area is 119 Å². The fourth-order valence-corrected chi connectivity index (χ4v) is 2.48. The van der Waals surface area contributed by atoms with Gasteiger partial charge in [-0.25, -0.2) is 4.98 Å². The first-order valence-electron chi connectivity index (χ1n) is 7.21. The zero-order valence-corrected chi connectivity index (χ0v) is 12.4. The van der Waals surface area contributed by atoms with Crippen LogP contribution in [-0.4, -0.2) is 39.3 Å². The summed E-state index contributed by atoms with van der Waals surface area (Å²) in [4.78, 5) is 17.9. The summed E-state index contributed by atoms with van der Waals surface area (Å²) in [6.07, 6.45) is 2.90. The number of anilines is 1. The molecule has 0 atom stereocenters. The summed E-state index contributed by atoms with van der Waals surface area (Å²) in [7, 11) is 0. The van der Waals surface area contributed by atoms with Crippen molar-refractivity contribution in [1.29, 1.82) is 0 Å². The summed E-state index contributed by atoms with van der Waals surface area (Å²) in [5, 5.41) is 17.7. The van der Waals surface area contributed by atoms with E-state index in [2.05, 4.69) is 22.1 Å². The van der Waals surface area contributed by atoms with Gasteiger partial charge in [0.05, 0.1) is 16.8 Å². The Bertz CT molecular complexity index is 496. The number of rotatable bonds is 4. The van der Waals surface area contributed by atoms with Crippen LogP contribution in [0.4, 0.5) is 5.95 Å². The van der Waals surface area contributed by atoms with Crippen molar-refractivity contribution >= 4 is 11.9 Å². The normalized spacial score (nSPS) is 18.1. The predicted octanol–water partition coefficient (Wildman–Crippen LogP) is 1.69. The zero-order chi connectivity index (χ0) is 14.8. The van der Waals surface area contributed by atoms with E-state index < -0.39 is 11.4 Å². The van der Waals surface area contributed by atoms with Crippen molar-refractivity contribution in [3.05, 3.63) is 11.4 Å². The Kier molecular flexibility index (Phi) is 4.20. The van der Waals surface area contributed by atoms with Crippen molar-refractivity contribution in [2.75, 3.05) is 18.0 Å². The van der Waals surface area contributed by atoms with Gasteiger partial charge < -0.3 is 10.0 Å². The minimum absolute atomic E-state index is 0.614. The first-order chi connectivity index (χ1) is 9.50. The van der Waals surface area contributed by atoms with Crippen molar-refractivity contribution in [3.8, 4) is 0 Å². The monoisotopic (exact) mass is 278 g/mol. The molecule has 1 aromatic rings. The molecule has 1 N–H and O–H groups in total. The number of aromatic nitrogens is 3. The summed E-state index contributed by atoms with van der Waals surface area (Å²) < 4.78 is 0. The molecule has 1 aliphatic heterocycles. The van der Waals surface area contributed by atoms with Crippen molar-refractivity contribution < 1.29 is 9.90 Å². The van der Waals surface area contributed by atoms with Crippen LogP contribution in [0.1, 0.15) is 45.0 Å². The Morgan fingerprint density at radius 1 is 1.20 bits per heavy atom. The Hall–Kier alpha value is -1.72. The molecule has 1 aliphatic rings. The fraction of sp³-hybridized carbons (Fsp3) is 0.714. The predicted molar refractivity (Wildman–Crippen MR) is 75.8 cm³/mol. The maximum Gasteiger partial charge on any atom is 0.309 e. The highest BCUT2D eigenvalue weighted by Gasteiger charge is 2.37. The molecule has 1 saturated heterocycles. The molecule has 6 heteroatoms.